The monoisotopic (exact) mass is 350 g/mol. The molecule has 6 heteroatoms. The van der Waals surface area contributed by atoms with Crippen LogP contribution >= 0.6 is 11.3 Å². The van der Waals surface area contributed by atoms with E-state index in [1.807, 2.05) is 4.90 Å². The molecule has 132 valence electrons. The van der Waals surface area contributed by atoms with Crippen LogP contribution < -0.4 is 5.32 Å². The van der Waals surface area contributed by atoms with Gasteiger partial charge in [0.05, 0.1) is 5.56 Å². The molecular weight excluding hydrogens is 324 g/mol. The zero-order chi connectivity index (χ0) is 17.5. The number of hydrogen-bond donors (Lipinski definition) is 2. The molecule has 1 atom stereocenters. The normalized spacial score (nSPS) is 22.8. The summed E-state index contributed by atoms with van der Waals surface area (Å²) >= 11 is 1.45. The van der Waals surface area contributed by atoms with Crippen molar-refractivity contribution in [2.75, 3.05) is 11.9 Å². The summed E-state index contributed by atoms with van der Waals surface area (Å²) in [5, 5.41) is 13.1. The summed E-state index contributed by atoms with van der Waals surface area (Å²) < 4.78 is 0. The quantitative estimate of drug-likeness (QED) is 0.832. The van der Waals surface area contributed by atoms with Gasteiger partial charge in [0.1, 0.15) is 5.00 Å². The van der Waals surface area contributed by atoms with Crippen molar-refractivity contribution in [2.45, 2.75) is 65.3 Å². The van der Waals surface area contributed by atoms with Crippen LogP contribution in [0.4, 0.5) is 9.80 Å². The zero-order valence-corrected chi connectivity index (χ0v) is 15.5. The number of aryl methyl sites for hydroxylation is 1. The van der Waals surface area contributed by atoms with Gasteiger partial charge in [-0.3, -0.25) is 5.32 Å². The number of rotatable bonds is 2. The number of piperidine rings is 1. The Labute approximate surface area is 147 Å². The maximum atomic E-state index is 12.6. The van der Waals surface area contributed by atoms with E-state index >= 15 is 0 Å². The first-order valence-corrected chi connectivity index (χ1v) is 9.55. The van der Waals surface area contributed by atoms with Gasteiger partial charge in [0, 0.05) is 17.5 Å². The van der Waals surface area contributed by atoms with Crippen LogP contribution in [0.3, 0.4) is 0 Å². The van der Waals surface area contributed by atoms with Crippen molar-refractivity contribution in [3.63, 3.8) is 0 Å². The predicted molar refractivity (Wildman–Crippen MR) is 96.1 cm³/mol. The molecule has 2 aliphatic rings. The Bertz CT molecular complexity index is 665. The fourth-order valence-corrected chi connectivity index (χ4v) is 5.00. The molecule has 24 heavy (non-hydrogen) atoms. The summed E-state index contributed by atoms with van der Waals surface area (Å²) in [6, 6.07) is 0.0445. The summed E-state index contributed by atoms with van der Waals surface area (Å²) in [7, 11) is 0. The molecule has 2 N–H and O–H groups in total. The molecule has 1 aliphatic heterocycles. The number of nitrogens with zero attached hydrogens (tertiary/aromatic N) is 1. The number of carbonyl (C=O) groups is 2. The fraction of sp³-hybridized carbons (Fsp3) is 0.667. The molecule has 1 saturated heterocycles. The van der Waals surface area contributed by atoms with E-state index in [9.17, 15) is 14.7 Å². The van der Waals surface area contributed by atoms with Gasteiger partial charge in [-0.15, -0.1) is 11.3 Å². The number of carbonyl (C=O) groups excluding carboxylic acids is 1. The highest BCUT2D eigenvalue weighted by atomic mass is 32.1. The Morgan fingerprint density at radius 3 is 2.75 bits per heavy atom. The number of anilines is 1. The van der Waals surface area contributed by atoms with Gasteiger partial charge in [-0.05, 0) is 56.4 Å². The van der Waals surface area contributed by atoms with Crippen molar-refractivity contribution in [3.05, 3.63) is 16.0 Å². The van der Waals surface area contributed by atoms with Gasteiger partial charge in [0.25, 0.3) is 0 Å². The van der Waals surface area contributed by atoms with Gasteiger partial charge in [-0.2, -0.15) is 0 Å². The molecular formula is C18H26N2O3S. The highest BCUT2D eigenvalue weighted by Crippen LogP contribution is 2.43. The second-order valence-electron chi connectivity index (χ2n) is 7.82. The molecule has 0 aromatic carbocycles. The average molecular weight is 350 g/mol. The zero-order valence-electron chi connectivity index (χ0n) is 14.6. The fourth-order valence-electron chi connectivity index (χ4n) is 3.80. The lowest BCUT2D eigenvalue weighted by Crippen LogP contribution is -2.44. The van der Waals surface area contributed by atoms with E-state index in [0.29, 0.717) is 10.6 Å². The topological polar surface area (TPSA) is 69.6 Å². The molecule has 0 spiro atoms. The number of urea groups is 1. The second kappa shape index (κ2) is 6.39. The summed E-state index contributed by atoms with van der Waals surface area (Å²) in [5.74, 6) is -0.938. The largest absolute Gasteiger partial charge is 0.478 e. The molecule has 1 aromatic rings. The Morgan fingerprint density at radius 2 is 2.08 bits per heavy atom. The lowest BCUT2D eigenvalue weighted by Gasteiger charge is -2.33. The highest BCUT2D eigenvalue weighted by molar-refractivity contribution is 7.17. The summed E-state index contributed by atoms with van der Waals surface area (Å²) in [4.78, 5) is 27.4. The van der Waals surface area contributed by atoms with Crippen LogP contribution in [0.25, 0.3) is 0 Å². The molecule has 5 nitrogen and oxygen atoms in total. The maximum absolute atomic E-state index is 12.6. The van der Waals surface area contributed by atoms with Crippen LogP contribution in [0, 0.1) is 5.41 Å². The third kappa shape index (κ3) is 3.29. The number of hydrogen-bond acceptors (Lipinski definition) is 3. The Kier molecular flexibility index (Phi) is 4.60. The summed E-state index contributed by atoms with van der Waals surface area (Å²) in [6.07, 6.45) is 5.87. The van der Waals surface area contributed by atoms with Gasteiger partial charge in [0.15, 0.2) is 0 Å². The van der Waals surface area contributed by atoms with Gasteiger partial charge >= 0.3 is 12.0 Å². The number of aromatic carboxylic acids is 1. The number of nitrogens with one attached hydrogen (secondary N) is 1. The number of amides is 2. The Morgan fingerprint density at radius 1 is 1.33 bits per heavy atom. The summed E-state index contributed by atoms with van der Waals surface area (Å²) in [5.41, 5.74) is 1.34. The van der Waals surface area contributed by atoms with Crippen molar-refractivity contribution in [3.8, 4) is 0 Å². The van der Waals surface area contributed by atoms with Crippen LogP contribution in [0.1, 0.15) is 67.3 Å². The van der Waals surface area contributed by atoms with E-state index in [4.69, 9.17) is 0 Å². The molecule has 1 fully saturated rings. The van der Waals surface area contributed by atoms with Crippen LogP contribution in [0.15, 0.2) is 0 Å². The molecule has 1 aliphatic carbocycles. The molecule has 0 saturated carbocycles. The minimum Gasteiger partial charge on any atom is -0.478 e. The first-order chi connectivity index (χ1) is 11.3. The molecule has 2 amide bonds. The van der Waals surface area contributed by atoms with Crippen molar-refractivity contribution < 1.29 is 14.7 Å². The predicted octanol–water partition coefficient (Wildman–Crippen LogP) is 4.37. The van der Waals surface area contributed by atoms with E-state index in [1.165, 1.54) is 11.3 Å². The molecule has 2 heterocycles. The number of thiophene rings is 1. The Balaban J connectivity index is 1.87. The Hall–Kier alpha value is -1.56. The molecule has 0 unspecified atom stereocenters. The minimum atomic E-state index is -0.938. The van der Waals surface area contributed by atoms with Gasteiger partial charge in [0.2, 0.25) is 0 Å². The first-order valence-electron chi connectivity index (χ1n) is 8.74. The molecule has 1 aromatic heterocycles. The number of carboxylic acids is 1. The summed E-state index contributed by atoms with van der Waals surface area (Å²) in [6.45, 7) is 7.14. The van der Waals surface area contributed by atoms with E-state index < -0.39 is 5.97 Å². The minimum absolute atomic E-state index is 0.112. The van der Waals surface area contributed by atoms with Crippen LogP contribution in [-0.4, -0.2) is 34.6 Å². The van der Waals surface area contributed by atoms with Crippen molar-refractivity contribution in [1.29, 1.82) is 0 Å². The molecule has 3 rings (SSSR count). The van der Waals surface area contributed by atoms with Gasteiger partial charge in [-0.25, -0.2) is 9.59 Å². The van der Waals surface area contributed by atoms with E-state index in [1.54, 1.807) is 0 Å². The number of likely N-dealkylation sites (tertiary alicyclic amines) is 1. The van der Waals surface area contributed by atoms with Crippen LogP contribution in [0.2, 0.25) is 0 Å². The molecule has 0 bridgehead atoms. The average Bonchev–Trinajstić information content (AvgIpc) is 2.83. The van der Waals surface area contributed by atoms with Gasteiger partial charge in [-0.1, -0.05) is 13.8 Å². The standard InChI is InChI=1S/C18H26N2O3S/c1-11-6-4-5-9-20(11)17(23)19-15-14(16(21)22)12-10-18(2,3)8-7-13(12)24-15/h11H,4-10H2,1-3H3,(H,19,23)(H,21,22)/t11-/m1/s1. The number of fused-ring (bicyclic) bond motifs is 1. The first kappa shape index (κ1) is 17.3. The van der Waals surface area contributed by atoms with Crippen LogP contribution in [-0.2, 0) is 12.8 Å². The maximum Gasteiger partial charge on any atom is 0.339 e. The smallest absolute Gasteiger partial charge is 0.339 e. The van der Waals surface area contributed by atoms with E-state index in [2.05, 4.69) is 26.1 Å². The lowest BCUT2D eigenvalue weighted by atomic mass is 9.76. The van der Waals surface area contributed by atoms with Gasteiger partial charge < -0.3 is 10.0 Å². The molecule has 0 radical (unpaired) electrons. The highest BCUT2D eigenvalue weighted by Gasteiger charge is 2.34. The van der Waals surface area contributed by atoms with E-state index in [0.717, 1.165) is 55.5 Å². The third-order valence-corrected chi connectivity index (χ3v) is 6.48. The third-order valence-electron chi connectivity index (χ3n) is 5.27. The van der Waals surface area contributed by atoms with Crippen LogP contribution in [0.5, 0.6) is 0 Å². The number of carboxylic acid groups (broad SMARTS) is 1. The van der Waals surface area contributed by atoms with E-state index in [-0.39, 0.29) is 17.5 Å². The lowest BCUT2D eigenvalue weighted by molar-refractivity contribution is 0.0696. The van der Waals surface area contributed by atoms with Crippen molar-refractivity contribution in [2.24, 2.45) is 5.41 Å². The SMILES string of the molecule is C[C@@H]1CCCCN1C(=O)Nc1sc2c(c1C(=O)O)CC(C)(C)CC2. The second-order valence-corrected chi connectivity index (χ2v) is 8.93. The van der Waals surface area contributed by atoms with Crippen molar-refractivity contribution >= 4 is 28.3 Å². The van der Waals surface area contributed by atoms with Crippen molar-refractivity contribution in [1.82, 2.24) is 4.90 Å².